The van der Waals surface area contributed by atoms with E-state index in [2.05, 4.69) is 88.4 Å². The normalized spacial score (nSPS) is 13.8. The summed E-state index contributed by atoms with van der Waals surface area (Å²) in [7, 11) is 0. The van der Waals surface area contributed by atoms with Gasteiger partial charge < -0.3 is 0 Å². The average Bonchev–Trinajstić information content (AvgIpc) is 2.55. The molecule has 124 valence electrons. The maximum Gasteiger partial charge on any atom is 0.0977 e. The highest BCUT2D eigenvalue weighted by atomic mass is 35.5. The molecule has 0 aliphatic carbocycles. The van der Waals surface area contributed by atoms with E-state index in [9.17, 15) is 0 Å². The second-order valence-electron chi connectivity index (χ2n) is 7.50. The SMILES string of the molecule is CCCCC(C(C)(C)C)C(Cl)(c1ccccc1)c1ccccc1. The lowest BCUT2D eigenvalue weighted by Gasteiger charge is -2.44. The fourth-order valence-electron chi connectivity index (χ4n) is 3.57. The Labute approximate surface area is 146 Å². The van der Waals surface area contributed by atoms with Gasteiger partial charge in [-0.15, -0.1) is 11.6 Å². The average molecular weight is 329 g/mol. The fraction of sp³-hybridized carbons (Fsp3) is 0.455. The Morgan fingerprint density at radius 2 is 1.26 bits per heavy atom. The summed E-state index contributed by atoms with van der Waals surface area (Å²) in [6.07, 6.45) is 3.53. The Kier molecular flexibility index (Phi) is 5.92. The maximum absolute atomic E-state index is 7.48. The Hall–Kier alpha value is -1.27. The lowest BCUT2D eigenvalue weighted by molar-refractivity contribution is 0.179. The van der Waals surface area contributed by atoms with Crippen molar-refractivity contribution < 1.29 is 0 Å². The molecule has 0 spiro atoms. The Morgan fingerprint density at radius 3 is 1.61 bits per heavy atom. The summed E-state index contributed by atoms with van der Waals surface area (Å²) in [4.78, 5) is -0.490. The first kappa shape index (κ1) is 18.1. The second-order valence-corrected chi connectivity index (χ2v) is 8.10. The van der Waals surface area contributed by atoms with Crippen LogP contribution in [0.15, 0.2) is 60.7 Å². The molecule has 1 unspecified atom stereocenters. The summed E-state index contributed by atoms with van der Waals surface area (Å²) < 4.78 is 0. The van der Waals surface area contributed by atoms with Gasteiger partial charge in [-0.3, -0.25) is 0 Å². The zero-order valence-corrected chi connectivity index (χ0v) is 15.6. The molecule has 0 N–H and O–H groups in total. The third-order valence-corrected chi connectivity index (χ3v) is 5.46. The van der Waals surface area contributed by atoms with Crippen LogP contribution in [0.3, 0.4) is 0 Å². The number of halogens is 1. The maximum atomic E-state index is 7.48. The molecule has 0 nitrogen and oxygen atoms in total. The van der Waals surface area contributed by atoms with Crippen LogP contribution in [0.2, 0.25) is 0 Å². The Bertz CT molecular complexity index is 541. The van der Waals surface area contributed by atoms with Crippen LogP contribution in [0.25, 0.3) is 0 Å². The van der Waals surface area contributed by atoms with Crippen LogP contribution in [0.5, 0.6) is 0 Å². The van der Waals surface area contributed by atoms with E-state index in [0.717, 1.165) is 6.42 Å². The van der Waals surface area contributed by atoms with Crippen molar-refractivity contribution in [2.45, 2.75) is 51.8 Å². The van der Waals surface area contributed by atoms with Crippen LogP contribution in [0.1, 0.15) is 58.1 Å². The van der Waals surface area contributed by atoms with E-state index in [1.54, 1.807) is 0 Å². The highest BCUT2D eigenvalue weighted by Gasteiger charge is 2.45. The molecule has 0 saturated heterocycles. The molecule has 1 heteroatoms. The van der Waals surface area contributed by atoms with Gasteiger partial charge in [-0.05, 0) is 28.9 Å². The summed E-state index contributed by atoms with van der Waals surface area (Å²) in [6.45, 7) is 9.20. The smallest absolute Gasteiger partial charge is 0.0977 e. The van der Waals surface area contributed by atoms with E-state index in [-0.39, 0.29) is 5.41 Å². The second kappa shape index (κ2) is 7.53. The molecule has 0 aliphatic heterocycles. The van der Waals surface area contributed by atoms with Gasteiger partial charge in [0.2, 0.25) is 0 Å². The molecule has 1 atom stereocenters. The highest BCUT2D eigenvalue weighted by molar-refractivity contribution is 6.26. The molecule has 0 fully saturated rings. The summed E-state index contributed by atoms with van der Waals surface area (Å²) in [5.74, 6) is 0.362. The number of rotatable bonds is 6. The van der Waals surface area contributed by atoms with Crippen molar-refractivity contribution in [3.63, 3.8) is 0 Å². The first-order valence-electron chi connectivity index (χ1n) is 8.70. The lowest BCUT2D eigenvalue weighted by Crippen LogP contribution is -2.39. The van der Waals surface area contributed by atoms with Crippen molar-refractivity contribution in [1.29, 1.82) is 0 Å². The standard InChI is InChI=1S/C22H29Cl/c1-5-6-17-20(21(2,3)4)22(23,18-13-9-7-10-14-18)19-15-11-8-12-16-19/h7-16,20H,5-6,17H2,1-4H3. The molecular weight excluding hydrogens is 300 g/mol. The Balaban J connectivity index is 2.60. The predicted molar refractivity (Wildman–Crippen MR) is 102 cm³/mol. The van der Waals surface area contributed by atoms with E-state index >= 15 is 0 Å². The van der Waals surface area contributed by atoms with Gasteiger partial charge in [-0.25, -0.2) is 0 Å². The van der Waals surface area contributed by atoms with Gasteiger partial charge in [0.1, 0.15) is 0 Å². The minimum Gasteiger partial charge on any atom is -0.109 e. The van der Waals surface area contributed by atoms with Gasteiger partial charge in [-0.1, -0.05) is 101 Å². The zero-order chi connectivity index (χ0) is 16.9. The molecular formula is C22H29Cl. The number of hydrogen-bond acceptors (Lipinski definition) is 0. The fourth-order valence-corrected chi connectivity index (χ4v) is 4.26. The molecule has 23 heavy (non-hydrogen) atoms. The van der Waals surface area contributed by atoms with Gasteiger partial charge in [0.25, 0.3) is 0 Å². The molecule has 0 amide bonds. The topological polar surface area (TPSA) is 0 Å². The molecule has 2 aromatic rings. The van der Waals surface area contributed by atoms with Crippen molar-refractivity contribution in [1.82, 2.24) is 0 Å². The van der Waals surface area contributed by atoms with Gasteiger partial charge in [0, 0.05) is 0 Å². The van der Waals surface area contributed by atoms with Gasteiger partial charge in [-0.2, -0.15) is 0 Å². The zero-order valence-electron chi connectivity index (χ0n) is 14.9. The molecule has 0 bridgehead atoms. The quantitative estimate of drug-likeness (QED) is 0.500. The third kappa shape index (κ3) is 3.98. The van der Waals surface area contributed by atoms with Gasteiger partial charge in [0.05, 0.1) is 4.87 Å². The van der Waals surface area contributed by atoms with Crippen molar-refractivity contribution in [2.75, 3.05) is 0 Å². The number of alkyl halides is 1. The molecule has 0 heterocycles. The van der Waals surface area contributed by atoms with Crippen molar-refractivity contribution >= 4 is 11.6 Å². The molecule has 0 radical (unpaired) electrons. The number of hydrogen-bond donors (Lipinski definition) is 0. The Morgan fingerprint density at radius 1 is 0.826 bits per heavy atom. The van der Waals surface area contributed by atoms with Crippen LogP contribution in [-0.4, -0.2) is 0 Å². The van der Waals surface area contributed by atoms with Gasteiger partial charge in [0.15, 0.2) is 0 Å². The summed E-state index contributed by atoms with van der Waals surface area (Å²) >= 11 is 7.48. The predicted octanol–water partition coefficient (Wildman–Crippen LogP) is 7.02. The van der Waals surface area contributed by atoms with Crippen molar-refractivity contribution in [3.05, 3.63) is 71.8 Å². The van der Waals surface area contributed by atoms with Crippen LogP contribution in [-0.2, 0) is 4.87 Å². The van der Waals surface area contributed by atoms with Crippen LogP contribution in [0.4, 0.5) is 0 Å². The van der Waals surface area contributed by atoms with E-state index in [1.807, 2.05) is 0 Å². The lowest BCUT2D eigenvalue weighted by atomic mass is 9.66. The first-order chi connectivity index (χ1) is 10.9. The van der Waals surface area contributed by atoms with E-state index < -0.39 is 4.87 Å². The van der Waals surface area contributed by atoms with Crippen LogP contribution in [0, 0.1) is 11.3 Å². The number of unbranched alkanes of at least 4 members (excludes halogenated alkanes) is 1. The minimum atomic E-state index is -0.490. The van der Waals surface area contributed by atoms with E-state index in [1.165, 1.54) is 24.0 Å². The highest BCUT2D eigenvalue weighted by Crippen LogP contribution is 2.52. The van der Waals surface area contributed by atoms with Gasteiger partial charge >= 0.3 is 0 Å². The molecule has 0 saturated carbocycles. The van der Waals surface area contributed by atoms with E-state index in [4.69, 9.17) is 11.6 Å². The van der Waals surface area contributed by atoms with Crippen molar-refractivity contribution in [3.8, 4) is 0 Å². The molecule has 0 aromatic heterocycles. The summed E-state index contributed by atoms with van der Waals surface area (Å²) in [5.41, 5.74) is 2.52. The van der Waals surface area contributed by atoms with E-state index in [0.29, 0.717) is 5.92 Å². The molecule has 0 aliphatic rings. The van der Waals surface area contributed by atoms with Crippen LogP contribution >= 0.6 is 11.6 Å². The van der Waals surface area contributed by atoms with Crippen LogP contribution < -0.4 is 0 Å². The number of benzene rings is 2. The molecule has 2 aromatic carbocycles. The third-order valence-electron chi connectivity index (χ3n) is 4.76. The monoisotopic (exact) mass is 328 g/mol. The minimum absolute atomic E-state index is 0.128. The first-order valence-corrected chi connectivity index (χ1v) is 9.08. The largest absolute Gasteiger partial charge is 0.109 e. The summed E-state index contributed by atoms with van der Waals surface area (Å²) in [5, 5.41) is 0. The summed E-state index contributed by atoms with van der Waals surface area (Å²) in [6, 6.07) is 21.2. The molecule has 2 rings (SSSR count). The van der Waals surface area contributed by atoms with Crippen molar-refractivity contribution in [2.24, 2.45) is 11.3 Å².